The summed E-state index contributed by atoms with van der Waals surface area (Å²) in [5.74, 6) is -0.162. The van der Waals surface area contributed by atoms with E-state index in [2.05, 4.69) is 15.0 Å². The van der Waals surface area contributed by atoms with Crippen molar-refractivity contribution < 1.29 is 9.53 Å². The molecule has 30 heavy (non-hydrogen) atoms. The number of hydrogen-bond donors (Lipinski definition) is 2. The fourth-order valence-electron chi connectivity index (χ4n) is 3.07. The zero-order valence-corrected chi connectivity index (χ0v) is 17.2. The average molecular weight is 444 g/mol. The molecule has 0 saturated carbocycles. The lowest BCUT2D eigenvalue weighted by Gasteiger charge is -2.11. The fraction of sp³-hybridized carbons (Fsp3) is 0.100. The smallest absolute Gasteiger partial charge is 0.332 e. The van der Waals surface area contributed by atoms with Crippen molar-refractivity contribution >= 4 is 40.3 Å². The minimum Gasteiger partial charge on any atom is -0.492 e. The Balaban J connectivity index is 2.05. The number of carbonyl (C=O) groups is 1. The number of hydrogen-bond acceptors (Lipinski definition) is 5. The van der Waals surface area contributed by atoms with Gasteiger partial charge in [-0.2, -0.15) is 0 Å². The summed E-state index contributed by atoms with van der Waals surface area (Å²) in [4.78, 5) is 36.3. The molecule has 0 aliphatic heterocycles. The van der Waals surface area contributed by atoms with E-state index in [1.54, 1.807) is 42.5 Å². The van der Waals surface area contributed by atoms with Crippen LogP contribution in [0.5, 0.6) is 5.75 Å². The summed E-state index contributed by atoms with van der Waals surface area (Å²) >= 11 is 12.1. The normalized spacial score (nSPS) is 11.0. The number of para-hydroxylation sites is 2. The van der Waals surface area contributed by atoms with Crippen LogP contribution in [0.25, 0.3) is 28.2 Å². The molecule has 10 heteroatoms. The van der Waals surface area contributed by atoms with E-state index < -0.39 is 11.6 Å². The van der Waals surface area contributed by atoms with Crippen molar-refractivity contribution in [3.05, 3.63) is 68.7 Å². The Kier molecular flexibility index (Phi) is 5.19. The number of ether oxygens (including phenoxy) is 1. The van der Waals surface area contributed by atoms with Crippen molar-refractivity contribution in [2.45, 2.75) is 6.92 Å². The van der Waals surface area contributed by atoms with Crippen LogP contribution in [-0.2, 0) is 0 Å². The van der Waals surface area contributed by atoms with Gasteiger partial charge in [0, 0.05) is 5.56 Å². The average Bonchev–Trinajstić information content (AvgIpc) is 3.05. The number of aromatic amines is 1. The Hall–Kier alpha value is -3.36. The molecule has 0 bridgehead atoms. The van der Waals surface area contributed by atoms with Gasteiger partial charge in [0.25, 0.3) is 5.91 Å². The highest BCUT2D eigenvalue weighted by Crippen LogP contribution is 2.29. The third-order valence-corrected chi connectivity index (χ3v) is 5.09. The number of fused-ring (bicyclic) bond motifs is 1. The predicted molar refractivity (Wildman–Crippen MR) is 115 cm³/mol. The molecule has 0 fully saturated rings. The second-order valence-electron chi connectivity index (χ2n) is 6.25. The molecule has 0 spiro atoms. The van der Waals surface area contributed by atoms with E-state index in [1.165, 1.54) is 4.57 Å². The second kappa shape index (κ2) is 7.81. The van der Waals surface area contributed by atoms with Gasteiger partial charge in [0.1, 0.15) is 11.3 Å². The molecule has 0 atom stereocenters. The van der Waals surface area contributed by atoms with Gasteiger partial charge in [-0.15, -0.1) is 0 Å². The first-order valence-electron chi connectivity index (χ1n) is 8.91. The molecule has 0 radical (unpaired) electrons. The zero-order chi connectivity index (χ0) is 21.4. The zero-order valence-electron chi connectivity index (χ0n) is 15.6. The lowest BCUT2D eigenvalue weighted by atomic mass is 10.2. The minimum atomic E-state index is -0.810. The predicted octanol–water partition coefficient (Wildman–Crippen LogP) is 3.58. The van der Waals surface area contributed by atoms with Crippen LogP contribution in [0.4, 0.5) is 0 Å². The van der Waals surface area contributed by atoms with Gasteiger partial charge in [0.15, 0.2) is 17.2 Å². The van der Waals surface area contributed by atoms with E-state index in [0.717, 1.165) is 0 Å². The van der Waals surface area contributed by atoms with Gasteiger partial charge in [-0.3, -0.25) is 4.79 Å². The Morgan fingerprint density at radius 3 is 2.63 bits per heavy atom. The van der Waals surface area contributed by atoms with Gasteiger partial charge in [-0.25, -0.2) is 19.3 Å². The maximum Gasteiger partial charge on any atom is 0.332 e. The third kappa shape index (κ3) is 3.40. The SMILES string of the molecule is CCOc1ccccc1-n1c(=O)[nH]c2c(C(N)=O)nc(-c3ccc(Cl)c(Cl)c3)nc21. The molecule has 3 N–H and O–H groups in total. The number of carbonyl (C=O) groups excluding carboxylic acids is 1. The van der Waals surface area contributed by atoms with Crippen molar-refractivity contribution in [3.63, 3.8) is 0 Å². The van der Waals surface area contributed by atoms with Crippen LogP contribution in [0.2, 0.25) is 10.0 Å². The van der Waals surface area contributed by atoms with Crippen molar-refractivity contribution in [1.29, 1.82) is 0 Å². The molecule has 8 nitrogen and oxygen atoms in total. The summed E-state index contributed by atoms with van der Waals surface area (Å²) < 4.78 is 6.96. The van der Waals surface area contributed by atoms with Crippen LogP contribution in [0.15, 0.2) is 47.3 Å². The van der Waals surface area contributed by atoms with E-state index >= 15 is 0 Å². The molecule has 152 valence electrons. The number of nitrogens with two attached hydrogens (primary N) is 1. The van der Waals surface area contributed by atoms with Gasteiger partial charge >= 0.3 is 5.69 Å². The maximum atomic E-state index is 12.8. The first-order valence-corrected chi connectivity index (χ1v) is 9.66. The fourth-order valence-corrected chi connectivity index (χ4v) is 3.37. The van der Waals surface area contributed by atoms with Crippen molar-refractivity contribution in [2.24, 2.45) is 5.73 Å². The Morgan fingerprint density at radius 2 is 1.93 bits per heavy atom. The van der Waals surface area contributed by atoms with Crippen LogP contribution < -0.4 is 16.2 Å². The summed E-state index contributed by atoms with van der Waals surface area (Å²) in [5.41, 5.74) is 6.17. The highest BCUT2D eigenvalue weighted by molar-refractivity contribution is 6.42. The molecule has 0 aliphatic carbocycles. The summed E-state index contributed by atoms with van der Waals surface area (Å²) in [7, 11) is 0. The van der Waals surface area contributed by atoms with Gasteiger partial charge in [-0.1, -0.05) is 35.3 Å². The molecule has 4 aromatic rings. The van der Waals surface area contributed by atoms with E-state index in [-0.39, 0.29) is 22.7 Å². The molecular formula is C20H15Cl2N5O3. The van der Waals surface area contributed by atoms with Crippen LogP contribution in [-0.4, -0.2) is 32.0 Å². The molecule has 2 aromatic heterocycles. The number of imidazole rings is 1. The Morgan fingerprint density at radius 1 is 1.17 bits per heavy atom. The van der Waals surface area contributed by atoms with E-state index in [0.29, 0.717) is 33.7 Å². The number of primary amides is 1. The highest BCUT2D eigenvalue weighted by Gasteiger charge is 2.21. The van der Waals surface area contributed by atoms with Gasteiger partial charge in [-0.05, 0) is 37.3 Å². The summed E-state index contributed by atoms with van der Waals surface area (Å²) in [5, 5.41) is 0.660. The number of nitrogens with one attached hydrogen (secondary N) is 1. The van der Waals surface area contributed by atoms with E-state index in [1.807, 2.05) is 6.92 Å². The standard InChI is InChI=1S/C20H15Cl2N5O3/c1-2-30-14-6-4-3-5-13(14)27-19-16(25-20(27)29)15(17(23)28)24-18(26-19)10-7-8-11(21)12(22)9-10/h3-9H,2H2,1H3,(H2,23,28)(H,25,29). The van der Waals surface area contributed by atoms with Gasteiger partial charge in [0.05, 0.1) is 22.3 Å². The van der Waals surface area contributed by atoms with Crippen LogP contribution in [0.3, 0.4) is 0 Å². The third-order valence-electron chi connectivity index (χ3n) is 4.35. The molecule has 2 heterocycles. The number of benzene rings is 2. The topological polar surface area (TPSA) is 116 Å². The van der Waals surface area contributed by atoms with Gasteiger partial charge < -0.3 is 15.5 Å². The van der Waals surface area contributed by atoms with Crippen molar-refractivity contribution in [2.75, 3.05) is 6.61 Å². The lowest BCUT2D eigenvalue weighted by Crippen LogP contribution is -2.16. The lowest BCUT2D eigenvalue weighted by molar-refractivity contribution is 0.0997. The molecule has 1 amide bonds. The number of amides is 1. The number of H-pyrrole nitrogens is 1. The molecule has 0 aliphatic rings. The monoisotopic (exact) mass is 443 g/mol. The molecule has 4 rings (SSSR count). The summed E-state index contributed by atoms with van der Waals surface area (Å²) in [6.45, 7) is 2.24. The molecule has 0 unspecified atom stereocenters. The molecule has 0 saturated heterocycles. The first-order chi connectivity index (χ1) is 14.4. The summed E-state index contributed by atoms with van der Waals surface area (Å²) in [6.07, 6.45) is 0. The van der Waals surface area contributed by atoms with Crippen LogP contribution in [0, 0.1) is 0 Å². The second-order valence-corrected chi connectivity index (χ2v) is 7.07. The molecular weight excluding hydrogens is 429 g/mol. The largest absolute Gasteiger partial charge is 0.492 e. The number of aromatic nitrogens is 4. The van der Waals surface area contributed by atoms with Gasteiger partial charge in [0.2, 0.25) is 0 Å². The van der Waals surface area contributed by atoms with Crippen molar-refractivity contribution in [1.82, 2.24) is 19.5 Å². The summed E-state index contributed by atoms with van der Waals surface area (Å²) in [6, 6.07) is 11.8. The first kappa shape index (κ1) is 19.9. The quantitative estimate of drug-likeness (QED) is 0.488. The number of nitrogens with zero attached hydrogens (tertiary/aromatic N) is 3. The van der Waals surface area contributed by atoms with Crippen molar-refractivity contribution in [3.8, 4) is 22.8 Å². The Bertz CT molecular complexity index is 1350. The highest BCUT2D eigenvalue weighted by atomic mass is 35.5. The maximum absolute atomic E-state index is 12.8. The minimum absolute atomic E-state index is 0.120. The van der Waals surface area contributed by atoms with E-state index in [4.69, 9.17) is 33.7 Å². The van der Waals surface area contributed by atoms with Crippen LogP contribution >= 0.6 is 23.2 Å². The molecule has 2 aromatic carbocycles. The van der Waals surface area contributed by atoms with Crippen LogP contribution in [0.1, 0.15) is 17.4 Å². The number of halogens is 2. The van der Waals surface area contributed by atoms with E-state index in [9.17, 15) is 9.59 Å². The Labute approximate surface area is 180 Å². The number of rotatable bonds is 5.